The molecule has 0 aromatic carbocycles. The predicted molar refractivity (Wildman–Crippen MR) is 48.7 cm³/mol. The topological polar surface area (TPSA) is 50.1 Å². The summed E-state index contributed by atoms with van der Waals surface area (Å²) in [6, 6.07) is 2.10. The Hall–Kier alpha value is -1.08. The number of hydrogen-bond donors (Lipinski definition) is 0. The number of carbonyl (C=O) groups excluding carboxylic acids is 1. The van der Waals surface area contributed by atoms with E-state index in [9.17, 15) is 4.79 Å². The summed E-state index contributed by atoms with van der Waals surface area (Å²) in [4.78, 5) is 10.5. The van der Waals surface area contributed by atoms with E-state index in [0.29, 0.717) is 17.5 Å². The standard InChI is InChI=1S/C9H17N2O2/c1-9(12)13-8-7-11(2,3)6-4-5-10/h4,6-8H2,1-3H3/q+1. The van der Waals surface area contributed by atoms with Crippen LogP contribution in [0.5, 0.6) is 0 Å². The molecule has 0 unspecified atom stereocenters. The Balaban J connectivity index is 3.63. The van der Waals surface area contributed by atoms with Crippen molar-refractivity contribution < 1.29 is 14.0 Å². The molecule has 0 saturated heterocycles. The van der Waals surface area contributed by atoms with Crippen molar-refractivity contribution in [2.24, 2.45) is 0 Å². The lowest BCUT2D eigenvalue weighted by Crippen LogP contribution is -2.43. The molecule has 0 fully saturated rings. The van der Waals surface area contributed by atoms with E-state index in [0.717, 1.165) is 13.1 Å². The highest BCUT2D eigenvalue weighted by molar-refractivity contribution is 5.65. The summed E-state index contributed by atoms with van der Waals surface area (Å²) in [6.07, 6.45) is 0.535. The van der Waals surface area contributed by atoms with Gasteiger partial charge in [-0.2, -0.15) is 5.26 Å². The molecule has 74 valence electrons. The normalized spacial score (nSPS) is 10.6. The second-order valence-corrected chi connectivity index (χ2v) is 3.63. The fourth-order valence-corrected chi connectivity index (χ4v) is 0.901. The highest BCUT2D eigenvalue weighted by Gasteiger charge is 2.14. The first-order valence-electron chi connectivity index (χ1n) is 4.30. The Morgan fingerprint density at radius 1 is 1.46 bits per heavy atom. The molecular formula is C9H17N2O2+. The maximum absolute atomic E-state index is 10.5. The van der Waals surface area contributed by atoms with Crippen LogP contribution in [0.4, 0.5) is 0 Å². The van der Waals surface area contributed by atoms with Crippen molar-refractivity contribution in [3.8, 4) is 6.07 Å². The maximum Gasteiger partial charge on any atom is 0.302 e. The molecule has 0 N–H and O–H groups in total. The van der Waals surface area contributed by atoms with Gasteiger partial charge in [-0.25, -0.2) is 0 Å². The zero-order valence-electron chi connectivity index (χ0n) is 8.54. The van der Waals surface area contributed by atoms with E-state index in [2.05, 4.69) is 6.07 Å². The van der Waals surface area contributed by atoms with Crippen LogP contribution in [0.15, 0.2) is 0 Å². The largest absolute Gasteiger partial charge is 0.460 e. The Bertz CT molecular complexity index is 206. The summed E-state index contributed by atoms with van der Waals surface area (Å²) in [5.74, 6) is -0.250. The van der Waals surface area contributed by atoms with Gasteiger partial charge in [0.2, 0.25) is 0 Å². The summed E-state index contributed by atoms with van der Waals surface area (Å²) in [5, 5.41) is 8.40. The molecule has 0 aromatic rings. The first-order valence-corrected chi connectivity index (χ1v) is 4.30. The first kappa shape index (κ1) is 11.9. The lowest BCUT2D eigenvalue weighted by atomic mass is 10.3. The number of likely N-dealkylation sites (N-methyl/N-ethyl adjacent to an activating group) is 1. The minimum atomic E-state index is -0.250. The van der Waals surface area contributed by atoms with Crippen molar-refractivity contribution in [1.82, 2.24) is 0 Å². The molecule has 0 spiro atoms. The number of rotatable bonds is 5. The van der Waals surface area contributed by atoms with Crippen molar-refractivity contribution in [2.75, 3.05) is 33.8 Å². The van der Waals surface area contributed by atoms with Gasteiger partial charge in [-0.1, -0.05) is 0 Å². The first-order chi connectivity index (χ1) is 5.98. The smallest absolute Gasteiger partial charge is 0.302 e. The van der Waals surface area contributed by atoms with Gasteiger partial charge in [-0.3, -0.25) is 4.79 Å². The molecule has 0 amide bonds. The van der Waals surface area contributed by atoms with Crippen LogP contribution in [-0.2, 0) is 9.53 Å². The molecule has 0 bridgehead atoms. The third-order valence-electron chi connectivity index (χ3n) is 1.83. The van der Waals surface area contributed by atoms with Crippen molar-refractivity contribution in [3.63, 3.8) is 0 Å². The molecule has 0 aromatic heterocycles. The van der Waals surface area contributed by atoms with Crippen molar-refractivity contribution in [2.45, 2.75) is 13.3 Å². The van der Waals surface area contributed by atoms with Crippen LogP contribution in [-0.4, -0.2) is 44.2 Å². The molecule has 4 nitrogen and oxygen atoms in total. The van der Waals surface area contributed by atoms with Crippen LogP contribution in [0.25, 0.3) is 0 Å². The van der Waals surface area contributed by atoms with E-state index >= 15 is 0 Å². The number of nitrogens with zero attached hydrogens (tertiary/aromatic N) is 2. The van der Waals surface area contributed by atoms with Gasteiger partial charge < -0.3 is 9.22 Å². The summed E-state index contributed by atoms with van der Waals surface area (Å²) < 4.78 is 5.53. The van der Waals surface area contributed by atoms with Gasteiger partial charge in [0.1, 0.15) is 13.2 Å². The Morgan fingerprint density at radius 3 is 2.54 bits per heavy atom. The predicted octanol–water partition coefficient (Wildman–Crippen LogP) is 0.540. The zero-order chi connectivity index (χ0) is 10.3. The van der Waals surface area contributed by atoms with E-state index in [1.807, 2.05) is 14.1 Å². The van der Waals surface area contributed by atoms with Gasteiger partial charge in [0.25, 0.3) is 0 Å². The van der Waals surface area contributed by atoms with E-state index in [-0.39, 0.29) is 5.97 Å². The molecule has 0 aliphatic carbocycles. The van der Waals surface area contributed by atoms with Crippen molar-refractivity contribution >= 4 is 5.97 Å². The van der Waals surface area contributed by atoms with Crippen molar-refractivity contribution in [3.05, 3.63) is 0 Å². The van der Waals surface area contributed by atoms with Gasteiger partial charge in [-0.15, -0.1) is 0 Å². The number of carbonyl (C=O) groups is 1. The van der Waals surface area contributed by atoms with Gasteiger partial charge >= 0.3 is 5.97 Å². The summed E-state index contributed by atoms with van der Waals surface area (Å²) in [7, 11) is 4.03. The van der Waals surface area contributed by atoms with Crippen LogP contribution in [0.3, 0.4) is 0 Å². The van der Waals surface area contributed by atoms with Gasteiger partial charge in [0.05, 0.1) is 33.1 Å². The van der Waals surface area contributed by atoms with E-state index in [1.54, 1.807) is 0 Å². The quantitative estimate of drug-likeness (QED) is 0.464. The average molecular weight is 185 g/mol. The lowest BCUT2D eigenvalue weighted by molar-refractivity contribution is -0.890. The van der Waals surface area contributed by atoms with E-state index < -0.39 is 0 Å². The number of ether oxygens (including phenoxy) is 1. The Labute approximate surface area is 79.3 Å². The highest BCUT2D eigenvalue weighted by Crippen LogP contribution is 1.98. The molecule has 0 saturated carbocycles. The van der Waals surface area contributed by atoms with Gasteiger partial charge in [0.15, 0.2) is 0 Å². The summed E-state index contributed by atoms with van der Waals surface area (Å²) >= 11 is 0. The minimum absolute atomic E-state index is 0.250. The fourth-order valence-electron chi connectivity index (χ4n) is 0.901. The molecule has 0 aliphatic heterocycles. The number of nitriles is 1. The molecule has 0 heterocycles. The molecule has 4 heteroatoms. The van der Waals surface area contributed by atoms with Gasteiger partial charge in [0, 0.05) is 6.92 Å². The molecule has 0 aliphatic rings. The van der Waals surface area contributed by atoms with Crippen LogP contribution in [0.2, 0.25) is 0 Å². The molecular weight excluding hydrogens is 168 g/mol. The SMILES string of the molecule is CC(=O)OCC[N+](C)(C)CCC#N. The third-order valence-corrected chi connectivity index (χ3v) is 1.83. The average Bonchev–Trinajstić information content (AvgIpc) is 2.00. The Kier molecular flexibility index (Phi) is 5.09. The fraction of sp³-hybridized carbons (Fsp3) is 0.778. The van der Waals surface area contributed by atoms with Crippen LogP contribution < -0.4 is 0 Å². The molecule has 13 heavy (non-hydrogen) atoms. The van der Waals surface area contributed by atoms with E-state index in [1.165, 1.54) is 6.92 Å². The molecule has 0 radical (unpaired) electrons. The lowest BCUT2D eigenvalue weighted by Gasteiger charge is -2.28. The summed E-state index contributed by atoms with van der Waals surface area (Å²) in [5.41, 5.74) is 0. The molecule has 0 rings (SSSR count). The third kappa shape index (κ3) is 7.29. The van der Waals surface area contributed by atoms with E-state index in [4.69, 9.17) is 10.00 Å². The van der Waals surface area contributed by atoms with Crippen molar-refractivity contribution in [1.29, 1.82) is 5.26 Å². The molecule has 0 atom stereocenters. The maximum atomic E-state index is 10.5. The minimum Gasteiger partial charge on any atom is -0.460 e. The Morgan fingerprint density at radius 2 is 2.08 bits per heavy atom. The van der Waals surface area contributed by atoms with Crippen LogP contribution >= 0.6 is 0 Å². The van der Waals surface area contributed by atoms with Crippen LogP contribution in [0, 0.1) is 11.3 Å². The van der Waals surface area contributed by atoms with Gasteiger partial charge in [-0.05, 0) is 0 Å². The van der Waals surface area contributed by atoms with Crippen LogP contribution in [0.1, 0.15) is 13.3 Å². The second-order valence-electron chi connectivity index (χ2n) is 3.63. The second kappa shape index (κ2) is 5.55. The highest BCUT2D eigenvalue weighted by atomic mass is 16.5. The number of hydrogen-bond acceptors (Lipinski definition) is 3. The zero-order valence-corrected chi connectivity index (χ0v) is 8.54. The number of esters is 1. The number of quaternary nitrogens is 1. The summed E-state index contributed by atoms with van der Waals surface area (Å²) in [6.45, 7) is 3.36. The monoisotopic (exact) mass is 185 g/mol.